The lowest BCUT2D eigenvalue weighted by atomic mass is 9.82. The molecule has 21 heavy (non-hydrogen) atoms. The molecule has 0 saturated carbocycles. The predicted octanol–water partition coefficient (Wildman–Crippen LogP) is 5.66. The van der Waals surface area contributed by atoms with Crippen LogP contribution in [0, 0.1) is 17.5 Å². The van der Waals surface area contributed by atoms with Crippen LogP contribution in [0.3, 0.4) is 0 Å². The van der Waals surface area contributed by atoms with E-state index < -0.39 is 0 Å². The fraction of sp³-hybridized carbons (Fsp3) is 0.700. The molecule has 1 nitrogen and oxygen atoms in total. The van der Waals surface area contributed by atoms with Crippen LogP contribution in [0.25, 0.3) is 0 Å². The topological polar surface area (TPSA) is 9.23 Å². The van der Waals surface area contributed by atoms with Crippen LogP contribution in [-0.2, 0) is 15.8 Å². The summed E-state index contributed by atoms with van der Waals surface area (Å²) in [6, 6.07) is 11.0. The van der Waals surface area contributed by atoms with E-state index in [4.69, 9.17) is 4.74 Å². The summed E-state index contributed by atoms with van der Waals surface area (Å²) in [6.45, 7) is 18.4. The second-order valence-electron chi connectivity index (χ2n) is 8.32. The van der Waals surface area contributed by atoms with Gasteiger partial charge in [-0.25, -0.2) is 0 Å². The van der Waals surface area contributed by atoms with E-state index in [1.54, 1.807) is 0 Å². The third-order valence-electron chi connectivity index (χ3n) is 4.33. The van der Waals surface area contributed by atoms with E-state index in [-0.39, 0.29) is 11.0 Å². The van der Waals surface area contributed by atoms with E-state index in [0.29, 0.717) is 5.41 Å². The average molecular weight is 288 g/mol. The molecule has 0 aromatic heterocycles. The van der Waals surface area contributed by atoms with Gasteiger partial charge in [0.2, 0.25) is 0 Å². The van der Waals surface area contributed by atoms with E-state index in [9.17, 15) is 0 Å². The number of rotatable bonds is 6. The Morgan fingerprint density at radius 1 is 0.905 bits per heavy atom. The molecule has 0 saturated heterocycles. The molecular weight excluding hydrogens is 256 g/mol. The SMILES string of the molecule is CCC(C)(C)c1c#cc(C(C)(C)OCCC(C)(C)C)cc1. The quantitative estimate of drug-likeness (QED) is 0.656. The zero-order valence-corrected chi connectivity index (χ0v) is 15.2. The molecule has 1 heteroatoms. The smallest absolute Gasteiger partial charge is 0.0952 e. The molecule has 0 aliphatic heterocycles. The normalized spacial score (nSPS) is 13.1. The molecular formula is C20H32O. The maximum atomic E-state index is 6.09. The second kappa shape index (κ2) is 6.41. The van der Waals surface area contributed by atoms with Gasteiger partial charge >= 0.3 is 0 Å². The Bertz CT molecular complexity index is 432. The summed E-state index contributed by atoms with van der Waals surface area (Å²) in [4.78, 5) is 0. The Labute approximate surface area is 132 Å². The molecule has 0 N–H and O–H groups in total. The summed E-state index contributed by atoms with van der Waals surface area (Å²) in [7, 11) is 0. The first-order valence-corrected chi connectivity index (χ1v) is 8.07. The Balaban J connectivity index is 2.76. The van der Waals surface area contributed by atoms with E-state index in [1.165, 1.54) is 5.56 Å². The maximum Gasteiger partial charge on any atom is 0.0952 e. The number of hydrogen-bond acceptors (Lipinski definition) is 1. The van der Waals surface area contributed by atoms with Crippen molar-refractivity contribution < 1.29 is 4.74 Å². The van der Waals surface area contributed by atoms with Crippen molar-refractivity contribution in [2.45, 2.75) is 79.2 Å². The Morgan fingerprint density at radius 3 is 1.86 bits per heavy atom. The van der Waals surface area contributed by atoms with Crippen LogP contribution >= 0.6 is 0 Å². The van der Waals surface area contributed by atoms with Crippen molar-refractivity contribution in [3.63, 3.8) is 0 Å². The van der Waals surface area contributed by atoms with Crippen molar-refractivity contribution in [2.75, 3.05) is 6.61 Å². The van der Waals surface area contributed by atoms with Gasteiger partial charge < -0.3 is 4.74 Å². The van der Waals surface area contributed by atoms with Crippen molar-refractivity contribution >= 4 is 0 Å². The summed E-state index contributed by atoms with van der Waals surface area (Å²) in [5, 5.41) is 0. The average Bonchev–Trinajstić information content (AvgIpc) is 2.37. The van der Waals surface area contributed by atoms with Crippen LogP contribution in [0.15, 0.2) is 12.1 Å². The van der Waals surface area contributed by atoms with Gasteiger partial charge in [0.25, 0.3) is 0 Å². The highest BCUT2D eigenvalue weighted by atomic mass is 16.5. The van der Waals surface area contributed by atoms with Gasteiger partial charge in [-0.3, -0.25) is 0 Å². The molecule has 1 aromatic rings. The van der Waals surface area contributed by atoms with Crippen molar-refractivity contribution in [1.82, 2.24) is 0 Å². The lowest BCUT2D eigenvalue weighted by Crippen LogP contribution is -2.24. The Morgan fingerprint density at radius 2 is 1.43 bits per heavy atom. The van der Waals surface area contributed by atoms with Gasteiger partial charge in [0.05, 0.1) is 5.60 Å². The van der Waals surface area contributed by atoms with Crippen LogP contribution in [0.2, 0.25) is 0 Å². The molecule has 118 valence electrons. The van der Waals surface area contributed by atoms with Gasteiger partial charge in [0.1, 0.15) is 0 Å². The molecule has 0 unspecified atom stereocenters. The standard InChI is InChI=1S/C20H32O/c1-9-19(5,6)16-10-12-17(13-11-16)20(7,8)21-15-14-18(2,3)4/h10,12H,9,14-15H2,1-8H3. The summed E-state index contributed by atoms with van der Waals surface area (Å²) in [5.74, 6) is 0. The first-order valence-electron chi connectivity index (χ1n) is 8.07. The summed E-state index contributed by atoms with van der Waals surface area (Å²) in [5.41, 5.74) is 2.45. The van der Waals surface area contributed by atoms with Gasteiger partial charge in [0.15, 0.2) is 0 Å². The lowest BCUT2D eigenvalue weighted by molar-refractivity contribution is -0.0317. The van der Waals surface area contributed by atoms with E-state index in [2.05, 4.69) is 79.7 Å². The third kappa shape index (κ3) is 5.36. The minimum absolute atomic E-state index is 0.159. The van der Waals surface area contributed by atoms with E-state index in [1.807, 2.05) is 0 Å². The molecule has 0 radical (unpaired) electrons. The number of ether oxygens (including phenoxy) is 1. The molecule has 0 spiro atoms. The van der Waals surface area contributed by atoms with E-state index >= 15 is 0 Å². The summed E-state index contributed by atoms with van der Waals surface area (Å²) < 4.78 is 6.09. The fourth-order valence-corrected chi connectivity index (χ4v) is 2.01. The molecule has 1 rings (SSSR count). The minimum Gasteiger partial charge on any atom is -0.370 e. The molecule has 0 atom stereocenters. The van der Waals surface area contributed by atoms with Gasteiger partial charge in [-0.15, -0.1) is 0 Å². The fourth-order valence-electron chi connectivity index (χ4n) is 2.01. The molecule has 0 heterocycles. The van der Waals surface area contributed by atoms with Crippen LogP contribution in [0.5, 0.6) is 0 Å². The summed E-state index contributed by atoms with van der Waals surface area (Å²) >= 11 is 0. The second-order valence-corrected chi connectivity index (χ2v) is 8.32. The van der Waals surface area contributed by atoms with E-state index in [0.717, 1.165) is 25.0 Å². The van der Waals surface area contributed by atoms with Crippen LogP contribution in [0.4, 0.5) is 0 Å². The molecule has 0 amide bonds. The van der Waals surface area contributed by atoms with Crippen molar-refractivity contribution in [3.05, 3.63) is 35.4 Å². The highest BCUT2D eigenvalue weighted by Crippen LogP contribution is 2.29. The molecule has 0 bridgehead atoms. The largest absolute Gasteiger partial charge is 0.370 e. The van der Waals surface area contributed by atoms with Crippen molar-refractivity contribution in [2.24, 2.45) is 5.41 Å². The van der Waals surface area contributed by atoms with Crippen molar-refractivity contribution in [3.8, 4) is 0 Å². The van der Waals surface area contributed by atoms with Gasteiger partial charge in [0, 0.05) is 17.7 Å². The first kappa shape index (κ1) is 18.1. The van der Waals surface area contributed by atoms with Crippen LogP contribution in [-0.4, -0.2) is 6.61 Å². The van der Waals surface area contributed by atoms with Gasteiger partial charge in [-0.2, -0.15) is 0 Å². The zero-order chi connectivity index (χ0) is 16.3. The summed E-state index contributed by atoms with van der Waals surface area (Å²) in [6.07, 6.45) is 2.16. The first-order chi connectivity index (χ1) is 9.48. The monoisotopic (exact) mass is 288 g/mol. The Hall–Kier alpha value is -1.00. The molecule has 0 aliphatic rings. The highest BCUT2D eigenvalue weighted by molar-refractivity contribution is 5.25. The Kier molecular flexibility index (Phi) is 5.51. The lowest BCUT2D eigenvalue weighted by Gasteiger charge is -2.28. The molecule has 1 aromatic carbocycles. The van der Waals surface area contributed by atoms with Gasteiger partial charge in [-0.1, -0.05) is 53.7 Å². The highest BCUT2D eigenvalue weighted by Gasteiger charge is 2.24. The number of hydrogen-bond donors (Lipinski definition) is 0. The zero-order valence-electron chi connectivity index (χ0n) is 15.2. The third-order valence-corrected chi connectivity index (χ3v) is 4.33. The van der Waals surface area contributed by atoms with Crippen LogP contribution < -0.4 is 0 Å². The molecule has 0 fully saturated rings. The van der Waals surface area contributed by atoms with Crippen molar-refractivity contribution in [1.29, 1.82) is 0 Å². The minimum atomic E-state index is -0.309. The molecule has 0 aliphatic carbocycles. The maximum absolute atomic E-state index is 6.09. The van der Waals surface area contributed by atoms with Gasteiger partial charge in [-0.05, 0) is 49.7 Å². The predicted molar refractivity (Wildman–Crippen MR) is 90.5 cm³/mol. The van der Waals surface area contributed by atoms with Crippen LogP contribution in [0.1, 0.15) is 79.4 Å².